The highest BCUT2D eigenvalue weighted by Crippen LogP contribution is 2.28. The summed E-state index contributed by atoms with van der Waals surface area (Å²) in [4.78, 5) is 4.75. The van der Waals surface area contributed by atoms with Crippen LogP contribution in [0.4, 0.5) is 0 Å². The highest BCUT2D eigenvalue weighted by atomic mass is 15.3. The summed E-state index contributed by atoms with van der Waals surface area (Å²) in [6.07, 6.45) is 7.18. The van der Waals surface area contributed by atoms with E-state index in [4.69, 9.17) is 10.1 Å². The molecule has 8 heteroatoms. The normalized spacial score (nSPS) is 14.9. The van der Waals surface area contributed by atoms with Crippen molar-refractivity contribution in [1.29, 1.82) is 0 Å². The number of hydrogen-bond donors (Lipinski definition) is 2. The van der Waals surface area contributed by atoms with Gasteiger partial charge in [0.2, 0.25) is 0 Å². The zero-order chi connectivity index (χ0) is 20.8. The van der Waals surface area contributed by atoms with E-state index >= 15 is 0 Å². The SMILES string of the molecule is Cc1nnc(CNC(=NCc2ccccc2)NCc2ccn(C3CCCC3)n2)n1C. The van der Waals surface area contributed by atoms with E-state index < -0.39 is 0 Å². The fraction of sp³-hybridized carbons (Fsp3) is 0.455. The van der Waals surface area contributed by atoms with Gasteiger partial charge in [0.25, 0.3) is 0 Å². The second-order valence-electron chi connectivity index (χ2n) is 7.81. The van der Waals surface area contributed by atoms with E-state index in [1.54, 1.807) is 0 Å². The first-order chi connectivity index (χ1) is 14.7. The third-order valence-corrected chi connectivity index (χ3v) is 5.66. The van der Waals surface area contributed by atoms with Crippen LogP contribution in [0.25, 0.3) is 0 Å². The number of hydrogen-bond acceptors (Lipinski definition) is 4. The number of aliphatic imine (C=N–C) groups is 1. The van der Waals surface area contributed by atoms with Crippen LogP contribution in [0.15, 0.2) is 47.6 Å². The lowest BCUT2D eigenvalue weighted by molar-refractivity contribution is 0.462. The Labute approximate surface area is 177 Å². The molecule has 30 heavy (non-hydrogen) atoms. The zero-order valence-electron chi connectivity index (χ0n) is 17.8. The highest BCUT2D eigenvalue weighted by molar-refractivity contribution is 5.79. The van der Waals surface area contributed by atoms with Gasteiger partial charge in [0, 0.05) is 13.2 Å². The van der Waals surface area contributed by atoms with Gasteiger partial charge in [0.1, 0.15) is 5.82 Å². The maximum atomic E-state index is 4.76. The maximum absolute atomic E-state index is 4.76. The Hall–Kier alpha value is -3.16. The van der Waals surface area contributed by atoms with Gasteiger partial charge in [-0.05, 0) is 31.4 Å². The number of nitrogens with zero attached hydrogens (tertiary/aromatic N) is 6. The molecule has 2 heterocycles. The Morgan fingerprint density at radius 3 is 2.57 bits per heavy atom. The van der Waals surface area contributed by atoms with Crippen molar-refractivity contribution in [1.82, 2.24) is 35.2 Å². The second-order valence-corrected chi connectivity index (χ2v) is 7.81. The molecule has 0 aliphatic heterocycles. The lowest BCUT2D eigenvalue weighted by atomic mass is 10.2. The topological polar surface area (TPSA) is 84.9 Å². The van der Waals surface area contributed by atoms with Crippen LogP contribution in [0.2, 0.25) is 0 Å². The van der Waals surface area contributed by atoms with E-state index in [1.807, 2.05) is 36.7 Å². The summed E-state index contributed by atoms with van der Waals surface area (Å²) in [5.74, 6) is 2.49. The van der Waals surface area contributed by atoms with Crippen molar-refractivity contribution in [3.63, 3.8) is 0 Å². The number of benzene rings is 1. The Balaban J connectivity index is 1.40. The van der Waals surface area contributed by atoms with E-state index in [9.17, 15) is 0 Å². The van der Waals surface area contributed by atoms with Gasteiger partial charge in [0.05, 0.1) is 31.4 Å². The van der Waals surface area contributed by atoms with Gasteiger partial charge >= 0.3 is 0 Å². The first-order valence-corrected chi connectivity index (χ1v) is 10.6. The molecule has 0 atom stereocenters. The lowest BCUT2D eigenvalue weighted by Crippen LogP contribution is -2.37. The minimum absolute atomic E-state index is 0.550. The maximum Gasteiger partial charge on any atom is 0.192 e. The summed E-state index contributed by atoms with van der Waals surface area (Å²) < 4.78 is 4.10. The Kier molecular flexibility index (Phi) is 6.41. The predicted octanol–water partition coefficient (Wildman–Crippen LogP) is 2.87. The van der Waals surface area contributed by atoms with Crippen LogP contribution in [0.3, 0.4) is 0 Å². The summed E-state index contributed by atoms with van der Waals surface area (Å²) in [6.45, 7) is 3.72. The predicted molar refractivity (Wildman–Crippen MR) is 117 cm³/mol. The molecule has 1 aliphatic rings. The molecule has 1 aromatic carbocycles. The first-order valence-electron chi connectivity index (χ1n) is 10.6. The fourth-order valence-corrected chi connectivity index (χ4v) is 3.71. The van der Waals surface area contributed by atoms with Crippen molar-refractivity contribution in [2.24, 2.45) is 12.0 Å². The summed E-state index contributed by atoms with van der Waals surface area (Å²) >= 11 is 0. The minimum atomic E-state index is 0.550. The molecule has 2 N–H and O–H groups in total. The van der Waals surface area contributed by atoms with Crippen LogP contribution in [-0.4, -0.2) is 30.5 Å². The van der Waals surface area contributed by atoms with Crippen LogP contribution in [0.1, 0.15) is 54.6 Å². The van der Waals surface area contributed by atoms with Crippen LogP contribution in [0, 0.1) is 6.92 Å². The van der Waals surface area contributed by atoms with E-state index in [2.05, 4.69) is 49.9 Å². The van der Waals surface area contributed by atoms with Crippen molar-refractivity contribution in [2.75, 3.05) is 0 Å². The molecule has 0 amide bonds. The molecule has 0 saturated heterocycles. The average Bonchev–Trinajstić information content (AvgIpc) is 3.52. The number of rotatable bonds is 7. The number of aryl methyl sites for hydroxylation is 1. The molecular weight excluding hydrogens is 376 g/mol. The Morgan fingerprint density at radius 2 is 1.83 bits per heavy atom. The van der Waals surface area contributed by atoms with Crippen LogP contribution in [0.5, 0.6) is 0 Å². The monoisotopic (exact) mass is 406 g/mol. The molecule has 158 valence electrons. The van der Waals surface area contributed by atoms with Gasteiger partial charge in [-0.15, -0.1) is 10.2 Å². The molecule has 1 saturated carbocycles. The molecule has 0 spiro atoms. The van der Waals surface area contributed by atoms with Crippen LogP contribution in [-0.2, 0) is 26.7 Å². The summed E-state index contributed by atoms with van der Waals surface area (Å²) in [5, 5.41) is 19.9. The average molecular weight is 407 g/mol. The van der Waals surface area contributed by atoms with E-state index in [0.717, 1.165) is 23.3 Å². The summed E-state index contributed by atoms with van der Waals surface area (Å²) in [7, 11) is 1.97. The van der Waals surface area contributed by atoms with Gasteiger partial charge < -0.3 is 15.2 Å². The summed E-state index contributed by atoms with van der Waals surface area (Å²) in [6, 6.07) is 12.9. The zero-order valence-corrected chi connectivity index (χ0v) is 17.8. The van der Waals surface area contributed by atoms with Crippen LogP contribution >= 0.6 is 0 Å². The Bertz CT molecular complexity index is 966. The smallest absolute Gasteiger partial charge is 0.192 e. The first kappa shape index (κ1) is 20.1. The lowest BCUT2D eigenvalue weighted by Gasteiger charge is -2.12. The van der Waals surface area contributed by atoms with E-state index in [1.165, 1.54) is 31.2 Å². The number of aromatic nitrogens is 5. The van der Waals surface area contributed by atoms with E-state index in [0.29, 0.717) is 25.7 Å². The standard InChI is InChI=1S/C22H30N8/c1-17-26-27-21(29(17)2)16-25-22(23-14-18-8-4-3-5-9-18)24-15-19-12-13-30(28-19)20-10-6-7-11-20/h3-5,8-9,12-13,20H,6-7,10-11,14-16H2,1-2H3,(H2,23,24,25). The quantitative estimate of drug-likeness (QED) is 0.466. The van der Waals surface area contributed by atoms with E-state index in [-0.39, 0.29) is 0 Å². The molecule has 3 aromatic rings. The van der Waals surface area contributed by atoms with Crippen molar-refractivity contribution < 1.29 is 0 Å². The molecule has 4 rings (SSSR count). The van der Waals surface area contributed by atoms with Gasteiger partial charge in [0.15, 0.2) is 11.8 Å². The van der Waals surface area contributed by atoms with Crippen molar-refractivity contribution in [2.45, 2.75) is 58.3 Å². The third kappa shape index (κ3) is 5.06. The van der Waals surface area contributed by atoms with Gasteiger partial charge in [-0.1, -0.05) is 43.2 Å². The summed E-state index contributed by atoms with van der Waals surface area (Å²) in [5.41, 5.74) is 2.18. The van der Waals surface area contributed by atoms with Gasteiger partial charge in [-0.3, -0.25) is 4.68 Å². The van der Waals surface area contributed by atoms with Crippen molar-refractivity contribution in [3.05, 3.63) is 65.5 Å². The van der Waals surface area contributed by atoms with Crippen LogP contribution < -0.4 is 10.6 Å². The molecule has 0 unspecified atom stereocenters. The van der Waals surface area contributed by atoms with Gasteiger partial charge in [-0.2, -0.15) is 5.10 Å². The molecule has 1 aliphatic carbocycles. The number of nitrogens with one attached hydrogen (secondary N) is 2. The molecule has 0 bridgehead atoms. The molecule has 2 aromatic heterocycles. The molecule has 8 nitrogen and oxygen atoms in total. The molecular formula is C22H30N8. The number of guanidine groups is 1. The minimum Gasteiger partial charge on any atom is -0.351 e. The van der Waals surface area contributed by atoms with Crippen molar-refractivity contribution in [3.8, 4) is 0 Å². The largest absolute Gasteiger partial charge is 0.351 e. The molecule has 0 radical (unpaired) electrons. The second kappa shape index (κ2) is 9.56. The fourth-order valence-electron chi connectivity index (χ4n) is 3.71. The molecule has 1 fully saturated rings. The third-order valence-electron chi connectivity index (χ3n) is 5.66. The van der Waals surface area contributed by atoms with Crippen molar-refractivity contribution >= 4 is 5.96 Å². The van der Waals surface area contributed by atoms with Gasteiger partial charge in [-0.25, -0.2) is 4.99 Å². The highest BCUT2D eigenvalue weighted by Gasteiger charge is 2.17. The Morgan fingerprint density at radius 1 is 1.07 bits per heavy atom.